The van der Waals surface area contributed by atoms with Crippen LogP contribution in [0.4, 0.5) is 0 Å². The standard InChI is InChI=1S/C18H27NO2/c1-18(2,3)12-16-6-5-11-19(16)17(20)15-9-7-14(8-10-15)13-21-4/h7-10,16H,5-6,11-13H2,1-4H3. The van der Waals surface area contributed by atoms with Crippen molar-refractivity contribution in [2.75, 3.05) is 13.7 Å². The van der Waals surface area contributed by atoms with Gasteiger partial charge in [-0.05, 0) is 42.4 Å². The van der Waals surface area contributed by atoms with E-state index in [4.69, 9.17) is 4.74 Å². The monoisotopic (exact) mass is 289 g/mol. The summed E-state index contributed by atoms with van der Waals surface area (Å²) in [5.74, 6) is 0.172. The summed E-state index contributed by atoms with van der Waals surface area (Å²) in [4.78, 5) is 14.8. The van der Waals surface area contributed by atoms with E-state index in [1.165, 1.54) is 0 Å². The molecule has 0 radical (unpaired) electrons. The Labute approximate surface area is 128 Å². The molecule has 0 saturated carbocycles. The minimum atomic E-state index is 0.172. The molecular weight excluding hydrogens is 262 g/mol. The molecule has 2 rings (SSSR count). The molecule has 0 bridgehead atoms. The van der Waals surface area contributed by atoms with Gasteiger partial charge in [0.25, 0.3) is 5.91 Å². The highest BCUT2D eigenvalue weighted by Gasteiger charge is 2.32. The molecule has 1 aliphatic heterocycles. The lowest BCUT2D eigenvalue weighted by molar-refractivity contribution is 0.0704. The van der Waals surface area contributed by atoms with Crippen LogP contribution >= 0.6 is 0 Å². The Balaban J connectivity index is 2.07. The van der Waals surface area contributed by atoms with Crippen LogP contribution < -0.4 is 0 Å². The summed E-state index contributed by atoms with van der Waals surface area (Å²) in [5, 5.41) is 0. The van der Waals surface area contributed by atoms with E-state index in [0.717, 1.165) is 36.9 Å². The molecule has 1 fully saturated rings. The fourth-order valence-corrected chi connectivity index (χ4v) is 3.10. The quantitative estimate of drug-likeness (QED) is 0.842. The van der Waals surface area contributed by atoms with Crippen LogP contribution in [0.3, 0.4) is 0 Å². The summed E-state index contributed by atoms with van der Waals surface area (Å²) < 4.78 is 5.10. The van der Waals surface area contributed by atoms with Gasteiger partial charge in [-0.25, -0.2) is 0 Å². The minimum Gasteiger partial charge on any atom is -0.380 e. The van der Waals surface area contributed by atoms with Crippen LogP contribution in [-0.2, 0) is 11.3 Å². The van der Waals surface area contributed by atoms with Gasteiger partial charge in [0.2, 0.25) is 0 Å². The first-order valence-corrected chi connectivity index (χ1v) is 7.79. The molecule has 1 aromatic rings. The highest BCUT2D eigenvalue weighted by molar-refractivity contribution is 5.94. The fraction of sp³-hybridized carbons (Fsp3) is 0.611. The molecule has 0 N–H and O–H groups in total. The molecule has 1 aromatic carbocycles. The van der Waals surface area contributed by atoms with E-state index in [1.54, 1.807) is 7.11 Å². The van der Waals surface area contributed by atoms with E-state index in [-0.39, 0.29) is 11.3 Å². The number of likely N-dealkylation sites (tertiary alicyclic amines) is 1. The Morgan fingerprint density at radius 3 is 2.52 bits per heavy atom. The molecule has 116 valence electrons. The summed E-state index contributed by atoms with van der Waals surface area (Å²) >= 11 is 0. The molecule has 0 aromatic heterocycles. The summed E-state index contributed by atoms with van der Waals surface area (Å²) in [5.41, 5.74) is 2.15. The number of hydrogen-bond acceptors (Lipinski definition) is 2. The van der Waals surface area contributed by atoms with Crippen LogP contribution in [0.15, 0.2) is 24.3 Å². The van der Waals surface area contributed by atoms with Gasteiger partial charge in [0, 0.05) is 25.3 Å². The average molecular weight is 289 g/mol. The molecule has 0 spiro atoms. The van der Waals surface area contributed by atoms with Crippen molar-refractivity contribution in [2.24, 2.45) is 5.41 Å². The normalized spacial score (nSPS) is 19.0. The van der Waals surface area contributed by atoms with Gasteiger partial charge in [0.05, 0.1) is 6.61 Å². The first-order chi connectivity index (χ1) is 9.90. The van der Waals surface area contributed by atoms with E-state index in [2.05, 4.69) is 25.7 Å². The van der Waals surface area contributed by atoms with Crippen molar-refractivity contribution >= 4 is 5.91 Å². The number of nitrogens with zero attached hydrogens (tertiary/aromatic N) is 1. The van der Waals surface area contributed by atoms with Gasteiger partial charge >= 0.3 is 0 Å². The predicted octanol–water partition coefficient (Wildman–Crippen LogP) is 3.87. The highest BCUT2D eigenvalue weighted by atomic mass is 16.5. The second-order valence-electron chi connectivity index (χ2n) is 7.19. The Morgan fingerprint density at radius 1 is 1.29 bits per heavy atom. The molecule has 3 heteroatoms. The van der Waals surface area contributed by atoms with Gasteiger partial charge in [0.15, 0.2) is 0 Å². The van der Waals surface area contributed by atoms with Crippen molar-refractivity contribution in [3.8, 4) is 0 Å². The molecule has 1 heterocycles. The Bertz CT molecular complexity index is 473. The smallest absolute Gasteiger partial charge is 0.254 e. The first-order valence-electron chi connectivity index (χ1n) is 7.79. The maximum Gasteiger partial charge on any atom is 0.254 e. The molecule has 1 amide bonds. The summed E-state index contributed by atoms with van der Waals surface area (Å²) in [6.07, 6.45) is 3.32. The lowest BCUT2D eigenvalue weighted by Gasteiger charge is -2.30. The van der Waals surface area contributed by atoms with Crippen LogP contribution in [0.2, 0.25) is 0 Å². The summed E-state index contributed by atoms with van der Waals surface area (Å²) in [7, 11) is 1.68. The Kier molecular flexibility index (Phi) is 5.04. The fourth-order valence-electron chi connectivity index (χ4n) is 3.10. The average Bonchev–Trinajstić information content (AvgIpc) is 2.85. The molecule has 0 aliphatic carbocycles. The second-order valence-corrected chi connectivity index (χ2v) is 7.19. The topological polar surface area (TPSA) is 29.5 Å². The van der Waals surface area contributed by atoms with Gasteiger partial charge in [-0.15, -0.1) is 0 Å². The van der Waals surface area contributed by atoms with Gasteiger partial charge in [0.1, 0.15) is 0 Å². The molecule has 1 saturated heterocycles. The van der Waals surface area contributed by atoms with Gasteiger partial charge < -0.3 is 9.64 Å². The lowest BCUT2D eigenvalue weighted by atomic mass is 9.87. The van der Waals surface area contributed by atoms with Crippen molar-refractivity contribution < 1.29 is 9.53 Å². The Morgan fingerprint density at radius 2 is 1.95 bits per heavy atom. The van der Waals surface area contributed by atoms with Crippen molar-refractivity contribution in [3.05, 3.63) is 35.4 Å². The van der Waals surface area contributed by atoms with Gasteiger partial charge in [-0.1, -0.05) is 32.9 Å². The maximum absolute atomic E-state index is 12.7. The number of rotatable bonds is 4. The minimum absolute atomic E-state index is 0.172. The summed E-state index contributed by atoms with van der Waals surface area (Å²) in [6.45, 7) is 8.21. The molecular formula is C18H27NO2. The number of carbonyl (C=O) groups excluding carboxylic acids is 1. The van der Waals surface area contributed by atoms with Crippen LogP contribution in [0, 0.1) is 5.41 Å². The number of ether oxygens (including phenoxy) is 1. The zero-order valence-electron chi connectivity index (χ0n) is 13.7. The number of benzene rings is 1. The number of methoxy groups -OCH3 is 1. The van der Waals surface area contributed by atoms with Crippen molar-refractivity contribution in [1.29, 1.82) is 0 Å². The Hall–Kier alpha value is -1.35. The SMILES string of the molecule is COCc1ccc(C(=O)N2CCCC2CC(C)(C)C)cc1. The first kappa shape index (κ1) is 16.0. The van der Waals surface area contributed by atoms with Crippen molar-refractivity contribution in [1.82, 2.24) is 4.90 Å². The molecule has 21 heavy (non-hydrogen) atoms. The van der Waals surface area contributed by atoms with E-state index in [1.807, 2.05) is 24.3 Å². The second kappa shape index (κ2) is 6.61. The van der Waals surface area contributed by atoms with Gasteiger partial charge in [-0.3, -0.25) is 4.79 Å². The largest absolute Gasteiger partial charge is 0.380 e. The number of amides is 1. The van der Waals surface area contributed by atoms with E-state index < -0.39 is 0 Å². The molecule has 3 nitrogen and oxygen atoms in total. The maximum atomic E-state index is 12.7. The highest BCUT2D eigenvalue weighted by Crippen LogP contribution is 2.30. The zero-order chi connectivity index (χ0) is 15.5. The van der Waals surface area contributed by atoms with E-state index in [0.29, 0.717) is 12.6 Å². The number of carbonyl (C=O) groups is 1. The van der Waals surface area contributed by atoms with E-state index >= 15 is 0 Å². The third kappa shape index (κ3) is 4.31. The predicted molar refractivity (Wildman–Crippen MR) is 85.3 cm³/mol. The summed E-state index contributed by atoms with van der Waals surface area (Å²) in [6, 6.07) is 8.18. The van der Waals surface area contributed by atoms with Crippen molar-refractivity contribution in [2.45, 2.75) is 52.7 Å². The lowest BCUT2D eigenvalue weighted by Crippen LogP contribution is -2.37. The number of hydrogen-bond donors (Lipinski definition) is 0. The van der Waals surface area contributed by atoms with Crippen LogP contribution in [0.25, 0.3) is 0 Å². The molecule has 1 unspecified atom stereocenters. The molecule has 1 atom stereocenters. The van der Waals surface area contributed by atoms with Crippen LogP contribution in [0.5, 0.6) is 0 Å². The zero-order valence-corrected chi connectivity index (χ0v) is 13.7. The van der Waals surface area contributed by atoms with Gasteiger partial charge in [-0.2, -0.15) is 0 Å². The van der Waals surface area contributed by atoms with Crippen LogP contribution in [-0.4, -0.2) is 30.5 Å². The van der Waals surface area contributed by atoms with Crippen molar-refractivity contribution in [3.63, 3.8) is 0 Å². The third-order valence-electron chi connectivity index (χ3n) is 4.00. The molecule has 1 aliphatic rings. The van der Waals surface area contributed by atoms with Crippen LogP contribution in [0.1, 0.15) is 56.0 Å². The van der Waals surface area contributed by atoms with E-state index in [9.17, 15) is 4.79 Å². The third-order valence-corrected chi connectivity index (χ3v) is 4.00.